The number of benzene rings is 2. The van der Waals surface area contributed by atoms with Crippen molar-refractivity contribution >= 4 is 27.5 Å². The SMILES string of the molecule is COc1cccc(-c2nn(CC(=O)NCc3ccccc3)c(=O)c3nc(C)sc23)c1. The Labute approximate surface area is 177 Å². The van der Waals surface area contributed by atoms with Gasteiger partial charge in [-0.1, -0.05) is 42.5 Å². The monoisotopic (exact) mass is 420 g/mol. The Morgan fingerprint density at radius 1 is 1.17 bits per heavy atom. The number of amides is 1. The first-order valence-corrected chi connectivity index (χ1v) is 10.2. The summed E-state index contributed by atoms with van der Waals surface area (Å²) in [5.74, 6) is 0.387. The fourth-order valence-electron chi connectivity index (χ4n) is 3.12. The number of ether oxygens (including phenoxy) is 1. The normalized spacial score (nSPS) is 10.9. The maximum absolute atomic E-state index is 12.9. The third-order valence-corrected chi connectivity index (χ3v) is 5.55. The molecule has 0 aliphatic heterocycles. The summed E-state index contributed by atoms with van der Waals surface area (Å²) in [6.07, 6.45) is 0. The third kappa shape index (κ3) is 4.08. The van der Waals surface area contributed by atoms with Gasteiger partial charge in [-0.15, -0.1) is 11.3 Å². The Bertz CT molecular complexity index is 1260. The number of nitrogens with zero attached hydrogens (tertiary/aromatic N) is 3. The van der Waals surface area contributed by atoms with Crippen LogP contribution < -0.4 is 15.6 Å². The Hall–Kier alpha value is -3.52. The highest BCUT2D eigenvalue weighted by Crippen LogP contribution is 2.31. The van der Waals surface area contributed by atoms with Gasteiger partial charge in [-0.05, 0) is 24.6 Å². The number of aromatic nitrogens is 3. The third-order valence-electron chi connectivity index (χ3n) is 4.58. The molecule has 0 aliphatic carbocycles. The fraction of sp³-hybridized carbons (Fsp3) is 0.182. The molecule has 0 atom stereocenters. The van der Waals surface area contributed by atoms with Gasteiger partial charge in [0.15, 0.2) is 5.52 Å². The molecule has 0 radical (unpaired) electrons. The lowest BCUT2D eigenvalue weighted by Gasteiger charge is -2.10. The zero-order valence-electron chi connectivity index (χ0n) is 16.6. The van der Waals surface area contributed by atoms with Crippen molar-refractivity contribution < 1.29 is 9.53 Å². The van der Waals surface area contributed by atoms with Crippen molar-refractivity contribution in [2.75, 3.05) is 7.11 Å². The number of carbonyl (C=O) groups is 1. The van der Waals surface area contributed by atoms with Crippen LogP contribution in [0.5, 0.6) is 5.75 Å². The van der Waals surface area contributed by atoms with E-state index < -0.39 is 0 Å². The van der Waals surface area contributed by atoms with E-state index in [1.54, 1.807) is 7.11 Å². The Balaban J connectivity index is 1.68. The summed E-state index contributed by atoms with van der Waals surface area (Å²) in [6, 6.07) is 17.0. The summed E-state index contributed by atoms with van der Waals surface area (Å²) in [5, 5.41) is 8.10. The Kier molecular flexibility index (Phi) is 5.58. The van der Waals surface area contributed by atoms with Gasteiger partial charge in [0.05, 0.1) is 16.8 Å². The molecule has 2 heterocycles. The summed E-state index contributed by atoms with van der Waals surface area (Å²) in [5.41, 5.74) is 2.32. The molecule has 0 saturated heterocycles. The molecule has 2 aromatic carbocycles. The quantitative estimate of drug-likeness (QED) is 0.518. The predicted octanol–water partition coefficient (Wildman–Crippen LogP) is 3.15. The zero-order valence-corrected chi connectivity index (χ0v) is 17.4. The molecule has 4 aromatic rings. The second-order valence-corrected chi connectivity index (χ2v) is 7.92. The first-order valence-electron chi connectivity index (χ1n) is 9.38. The van der Waals surface area contributed by atoms with Gasteiger partial charge in [0.25, 0.3) is 5.56 Å². The number of fused-ring (bicyclic) bond motifs is 1. The molecule has 2 aromatic heterocycles. The second kappa shape index (κ2) is 8.46. The van der Waals surface area contributed by atoms with Crippen LogP contribution in [0.2, 0.25) is 0 Å². The summed E-state index contributed by atoms with van der Waals surface area (Å²) >= 11 is 1.41. The molecule has 1 N–H and O–H groups in total. The van der Waals surface area contributed by atoms with Crippen LogP contribution in [-0.4, -0.2) is 27.8 Å². The molecular formula is C22H20N4O3S. The van der Waals surface area contributed by atoms with Crippen molar-refractivity contribution in [3.63, 3.8) is 0 Å². The topological polar surface area (TPSA) is 86.1 Å². The van der Waals surface area contributed by atoms with Crippen molar-refractivity contribution in [1.82, 2.24) is 20.1 Å². The molecule has 0 saturated carbocycles. The zero-order chi connectivity index (χ0) is 21.1. The first kappa shape index (κ1) is 19.8. The van der Waals surface area contributed by atoms with Crippen LogP contribution in [0, 0.1) is 6.92 Å². The number of hydrogen-bond acceptors (Lipinski definition) is 6. The molecule has 0 fully saturated rings. The molecule has 152 valence electrons. The lowest BCUT2D eigenvalue weighted by atomic mass is 10.1. The van der Waals surface area contributed by atoms with E-state index in [9.17, 15) is 9.59 Å². The van der Waals surface area contributed by atoms with Crippen LogP contribution in [-0.2, 0) is 17.9 Å². The molecule has 0 unspecified atom stereocenters. The number of hydrogen-bond donors (Lipinski definition) is 1. The van der Waals surface area contributed by atoms with Crippen LogP contribution in [0.3, 0.4) is 0 Å². The van der Waals surface area contributed by atoms with Crippen molar-refractivity contribution in [2.24, 2.45) is 0 Å². The van der Waals surface area contributed by atoms with Gasteiger partial charge < -0.3 is 10.1 Å². The predicted molar refractivity (Wildman–Crippen MR) is 117 cm³/mol. The number of nitrogens with one attached hydrogen (secondary N) is 1. The molecule has 30 heavy (non-hydrogen) atoms. The Morgan fingerprint density at radius 3 is 2.73 bits per heavy atom. The van der Waals surface area contributed by atoms with Gasteiger partial charge in [-0.3, -0.25) is 9.59 Å². The highest BCUT2D eigenvalue weighted by atomic mass is 32.1. The minimum absolute atomic E-state index is 0.185. The number of aryl methyl sites for hydroxylation is 1. The summed E-state index contributed by atoms with van der Waals surface area (Å²) < 4.78 is 7.19. The van der Waals surface area contributed by atoms with Crippen molar-refractivity contribution in [1.29, 1.82) is 0 Å². The largest absolute Gasteiger partial charge is 0.497 e. The maximum atomic E-state index is 12.9. The smallest absolute Gasteiger partial charge is 0.294 e. The van der Waals surface area contributed by atoms with Gasteiger partial charge in [0.2, 0.25) is 5.91 Å². The molecule has 7 nitrogen and oxygen atoms in total. The van der Waals surface area contributed by atoms with E-state index in [0.717, 1.165) is 16.1 Å². The van der Waals surface area contributed by atoms with E-state index in [0.29, 0.717) is 28.2 Å². The van der Waals surface area contributed by atoms with Gasteiger partial charge >= 0.3 is 0 Å². The number of rotatable bonds is 6. The minimum atomic E-state index is -0.379. The van der Waals surface area contributed by atoms with Crippen molar-refractivity contribution in [3.8, 4) is 17.0 Å². The highest BCUT2D eigenvalue weighted by molar-refractivity contribution is 7.19. The van der Waals surface area contributed by atoms with E-state index in [4.69, 9.17) is 4.74 Å². The van der Waals surface area contributed by atoms with Gasteiger partial charge in [-0.25, -0.2) is 9.67 Å². The molecule has 0 bridgehead atoms. The molecule has 8 heteroatoms. The van der Waals surface area contributed by atoms with E-state index in [1.807, 2.05) is 61.5 Å². The van der Waals surface area contributed by atoms with Crippen LogP contribution in [0.15, 0.2) is 59.4 Å². The van der Waals surface area contributed by atoms with Gasteiger partial charge in [-0.2, -0.15) is 5.10 Å². The van der Waals surface area contributed by atoms with E-state index in [-0.39, 0.29) is 18.0 Å². The van der Waals surface area contributed by atoms with E-state index >= 15 is 0 Å². The maximum Gasteiger partial charge on any atom is 0.294 e. The summed E-state index contributed by atoms with van der Waals surface area (Å²) in [6.45, 7) is 2.04. The fourth-order valence-corrected chi connectivity index (χ4v) is 4.04. The van der Waals surface area contributed by atoms with Crippen molar-refractivity contribution in [3.05, 3.63) is 75.5 Å². The lowest BCUT2D eigenvalue weighted by molar-refractivity contribution is -0.122. The number of thiazole rings is 1. The molecule has 0 aliphatic rings. The van der Waals surface area contributed by atoms with Crippen LogP contribution in [0.25, 0.3) is 21.5 Å². The van der Waals surface area contributed by atoms with Crippen molar-refractivity contribution in [2.45, 2.75) is 20.0 Å². The summed E-state index contributed by atoms with van der Waals surface area (Å²) in [4.78, 5) is 29.8. The van der Waals surface area contributed by atoms with Crippen LogP contribution in [0.4, 0.5) is 0 Å². The standard InChI is InChI=1S/C22H20N4O3S/c1-14-24-20-21(30-14)19(16-9-6-10-17(11-16)29-2)25-26(22(20)28)13-18(27)23-12-15-7-4-3-5-8-15/h3-11H,12-13H2,1-2H3,(H,23,27). The number of methoxy groups -OCH3 is 1. The summed E-state index contributed by atoms with van der Waals surface area (Å²) in [7, 11) is 1.59. The molecule has 0 spiro atoms. The van der Waals surface area contributed by atoms with Crippen LogP contribution in [0.1, 0.15) is 10.6 Å². The molecule has 4 rings (SSSR count). The van der Waals surface area contributed by atoms with Gasteiger partial charge in [0, 0.05) is 12.1 Å². The first-order chi connectivity index (χ1) is 14.5. The lowest BCUT2D eigenvalue weighted by Crippen LogP contribution is -2.33. The number of carbonyl (C=O) groups excluding carboxylic acids is 1. The average molecular weight is 420 g/mol. The molecular weight excluding hydrogens is 400 g/mol. The van der Waals surface area contributed by atoms with E-state index in [2.05, 4.69) is 15.4 Å². The average Bonchev–Trinajstić information content (AvgIpc) is 3.17. The highest BCUT2D eigenvalue weighted by Gasteiger charge is 2.18. The van der Waals surface area contributed by atoms with E-state index in [1.165, 1.54) is 16.0 Å². The van der Waals surface area contributed by atoms with Crippen LogP contribution >= 0.6 is 11.3 Å². The van der Waals surface area contributed by atoms with Gasteiger partial charge in [0.1, 0.15) is 18.0 Å². The second-order valence-electron chi connectivity index (χ2n) is 6.72. The minimum Gasteiger partial charge on any atom is -0.497 e. The molecule has 1 amide bonds. The Morgan fingerprint density at radius 2 is 1.97 bits per heavy atom.